The Morgan fingerprint density at radius 3 is 2.50 bits per heavy atom. The third-order valence-electron chi connectivity index (χ3n) is 2.00. The zero-order chi connectivity index (χ0) is 12.6. The van der Waals surface area contributed by atoms with E-state index in [9.17, 15) is 9.18 Å². The number of amides is 1. The molecule has 0 heterocycles. The maximum atomic E-state index is 12.2. The summed E-state index contributed by atoms with van der Waals surface area (Å²) in [5.74, 6) is -0.259. The van der Waals surface area contributed by atoms with Crippen LogP contribution in [0.1, 0.15) is 13.3 Å². The lowest BCUT2D eigenvalue weighted by atomic mass is 10.2. The number of rotatable bonds is 6. The van der Waals surface area contributed by atoms with Gasteiger partial charge in [-0.15, -0.1) is 0 Å². The Hall–Kier alpha value is -1.65. The van der Waals surface area contributed by atoms with Gasteiger partial charge in [-0.2, -0.15) is 0 Å². The zero-order valence-electron chi connectivity index (χ0n) is 9.88. The van der Waals surface area contributed by atoms with Gasteiger partial charge in [0.05, 0.1) is 11.9 Å². The van der Waals surface area contributed by atoms with Crippen LogP contribution in [0.3, 0.4) is 0 Å². The molecule has 0 unspecified atom stereocenters. The fourth-order valence-electron chi connectivity index (χ4n) is 0.956. The number of halogens is 1. The monoisotopic (exact) mass is 227 g/mol. The minimum atomic E-state index is -0.259. The van der Waals surface area contributed by atoms with Crippen molar-refractivity contribution >= 4 is 12.1 Å². The fourth-order valence-corrected chi connectivity index (χ4v) is 0.956. The summed E-state index contributed by atoms with van der Waals surface area (Å²) < 4.78 is 12.2. The molecule has 0 aromatic rings. The van der Waals surface area contributed by atoms with Crippen LogP contribution in [0, 0.1) is 5.41 Å². The highest BCUT2D eigenvalue weighted by atomic mass is 19.1. The van der Waals surface area contributed by atoms with Crippen molar-refractivity contribution in [3.63, 3.8) is 0 Å². The van der Waals surface area contributed by atoms with Gasteiger partial charge in [0.15, 0.2) is 0 Å². The maximum absolute atomic E-state index is 12.2. The van der Waals surface area contributed by atoms with E-state index in [0.29, 0.717) is 24.9 Å². The maximum Gasteiger partial charge on any atom is 0.256 e. The molecule has 1 amide bonds. The molecule has 0 aliphatic heterocycles. The average molecular weight is 227 g/mol. The molecule has 90 valence electrons. The smallest absolute Gasteiger partial charge is 0.256 e. The second-order valence-electron chi connectivity index (χ2n) is 3.45. The Labute approximate surface area is 95.3 Å². The van der Waals surface area contributed by atoms with Gasteiger partial charge in [0.1, 0.15) is 0 Å². The van der Waals surface area contributed by atoms with Crippen LogP contribution in [0.4, 0.5) is 4.39 Å². The van der Waals surface area contributed by atoms with Gasteiger partial charge in [-0.05, 0) is 12.0 Å². The van der Waals surface area contributed by atoms with Crippen molar-refractivity contribution in [2.24, 2.45) is 0 Å². The third kappa shape index (κ3) is 4.72. The lowest BCUT2D eigenvalue weighted by Gasteiger charge is -2.10. The van der Waals surface area contributed by atoms with E-state index in [0.717, 1.165) is 6.21 Å². The number of carbonyl (C=O) groups excluding carboxylic acids is 1. The Kier molecular flexibility index (Phi) is 6.83. The first-order valence-corrected chi connectivity index (χ1v) is 5.00. The van der Waals surface area contributed by atoms with Crippen molar-refractivity contribution in [2.45, 2.75) is 13.3 Å². The molecule has 0 saturated heterocycles. The molecule has 0 aromatic heterocycles. The van der Waals surface area contributed by atoms with Gasteiger partial charge in [-0.25, -0.2) is 4.39 Å². The quantitative estimate of drug-likeness (QED) is 0.533. The SMILES string of the molecule is CC/C(=C\F)CN/C=C(\C=N)C(=O)N(C)C. The Morgan fingerprint density at radius 2 is 2.12 bits per heavy atom. The second kappa shape index (κ2) is 7.62. The van der Waals surface area contributed by atoms with E-state index in [2.05, 4.69) is 5.32 Å². The predicted molar refractivity (Wildman–Crippen MR) is 63.0 cm³/mol. The second-order valence-corrected chi connectivity index (χ2v) is 3.45. The molecule has 0 aromatic carbocycles. The summed E-state index contributed by atoms with van der Waals surface area (Å²) in [7, 11) is 3.22. The highest BCUT2D eigenvalue weighted by Crippen LogP contribution is 1.99. The predicted octanol–water partition coefficient (Wildman–Crippen LogP) is 1.46. The molecule has 5 heteroatoms. The minimum absolute atomic E-state index is 0.235. The van der Waals surface area contributed by atoms with Crippen molar-refractivity contribution in [1.29, 1.82) is 5.41 Å². The molecular weight excluding hydrogens is 209 g/mol. The summed E-state index contributed by atoms with van der Waals surface area (Å²) in [4.78, 5) is 12.8. The molecule has 2 N–H and O–H groups in total. The van der Waals surface area contributed by atoms with Gasteiger partial charge in [0.25, 0.3) is 5.91 Å². The van der Waals surface area contributed by atoms with E-state index in [1.165, 1.54) is 11.1 Å². The number of carbonyl (C=O) groups is 1. The third-order valence-corrected chi connectivity index (χ3v) is 2.00. The van der Waals surface area contributed by atoms with Crippen molar-refractivity contribution in [3.8, 4) is 0 Å². The van der Waals surface area contributed by atoms with E-state index < -0.39 is 0 Å². The van der Waals surface area contributed by atoms with Gasteiger partial charge in [-0.1, -0.05) is 6.92 Å². The van der Waals surface area contributed by atoms with E-state index in [1.54, 1.807) is 14.1 Å². The number of nitrogens with zero attached hydrogens (tertiary/aromatic N) is 1. The Balaban J connectivity index is 4.39. The highest BCUT2D eigenvalue weighted by molar-refractivity contribution is 6.10. The van der Waals surface area contributed by atoms with Gasteiger partial charge in [0.2, 0.25) is 0 Å². The first-order chi connectivity index (χ1) is 7.56. The standard InChI is InChI=1S/C11H18FN3O/c1-4-9(5-12)7-14-8-10(6-13)11(16)15(2)3/h5-6,8,13-14H,4,7H2,1-3H3/b9-5+,10-8+,13-6?. The molecule has 4 nitrogen and oxygen atoms in total. The van der Waals surface area contributed by atoms with Crippen LogP contribution < -0.4 is 5.32 Å². The van der Waals surface area contributed by atoms with Crippen molar-refractivity contribution in [2.75, 3.05) is 20.6 Å². The molecule has 0 spiro atoms. The molecule has 0 bridgehead atoms. The van der Waals surface area contributed by atoms with E-state index >= 15 is 0 Å². The molecule has 0 rings (SSSR count). The topological polar surface area (TPSA) is 56.2 Å². The zero-order valence-corrected chi connectivity index (χ0v) is 9.88. The van der Waals surface area contributed by atoms with E-state index in [4.69, 9.17) is 5.41 Å². The fraction of sp³-hybridized carbons (Fsp3) is 0.455. The largest absolute Gasteiger partial charge is 0.386 e. The van der Waals surface area contributed by atoms with E-state index in [1.807, 2.05) is 6.92 Å². The van der Waals surface area contributed by atoms with Crippen molar-refractivity contribution < 1.29 is 9.18 Å². The molecule has 0 radical (unpaired) electrons. The lowest BCUT2D eigenvalue weighted by molar-refractivity contribution is -0.124. The molecule has 16 heavy (non-hydrogen) atoms. The molecule has 0 aliphatic rings. The average Bonchev–Trinajstić information content (AvgIpc) is 2.28. The molecule has 0 fully saturated rings. The van der Waals surface area contributed by atoms with Crippen LogP contribution in [-0.4, -0.2) is 37.7 Å². The summed E-state index contributed by atoms with van der Waals surface area (Å²) in [5, 5.41) is 9.89. The van der Waals surface area contributed by atoms with Crippen LogP contribution in [0.5, 0.6) is 0 Å². The minimum Gasteiger partial charge on any atom is -0.386 e. The summed E-state index contributed by atoms with van der Waals surface area (Å²) in [6.45, 7) is 2.18. The van der Waals surface area contributed by atoms with Crippen LogP contribution in [-0.2, 0) is 4.79 Å². The first-order valence-electron chi connectivity index (χ1n) is 5.00. The number of likely N-dealkylation sites (N-methyl/N-ethyl adjacent to an activating group) is 1. The van der Waals surface area contributed by atoms with Crippen molar-refractivity contribution in [1.82, 2.24) is 10.2 Å². The van der Waals surface area contributed by atoms with E-state index in [-0.39, 0.29) is 11.5 Å². The van der Waals surface area contributed by atoms with Crippen LogP contribution >= 0.6 is 0 Å². The summed E-state index contributed by atoms with van der Waals surface area (Å²) in [6.07, 6.45) is 3.56. The first kappa shape index (κ1) is 14.3. The van der Waals surface area contributed by atoms with Crippen molar-refractivity contribution in [3.05, 3.63) is 23.7 Å². The highest BCUT2D eigenvalue weighted by Gasteiger charge is 2.08. The molecular formula is C11H18FN3O. The van der Waals surface area contributed by atoms with Gasteiger partial charge >= 0.3 is 0 Å². The summed E-state index contributed by atoms with van der Waals surface area (Å²) >= 11 is 0. The van der Waals surface area contributed by atoms with Crippen LogP contribution in [0.15, 0.2) is 23.7 Å². The molecule has 0 aliphatic carbocycles. The lowest BCUT2D eigenvalue weighted by Crippen LogP contribution is -2.25. The van der Waals surface area contributed by atoms with Crippen LogP contribution in [0.2, 0.25) is 0 Å². The Bertz CT molecular complexity index is 308. The number of hydrogen-bond acceptors (Lipinski definition) is 3. The molecule has 0 atom stereocenters. The van der Waals surface area contributed by atoms with Gasteiger partial charge < -0.3 is 15.6 Å². The Morgan fingerprint density at radius 1 is 1.50 bits per heavy atom. The van der Waals surface area contributed by atoms with Gasteiger partial charge in [0, 0.05) is 33.1 Å². The normalized spacial score (nSPS) is 12.2. The summed E-state index contributed by atoms with van der Waals surface area (Å²) in [5.41, 5.74) is 0.845. The molecule has 0 saturated carbocycles. The number of nitrogens with one attached hydrogen (secondary N) is 2. The van der Waals surface area contributed by atoms with Crippen LogP contribution in [0.25, 0.3) is 0 Å². The van der Waals surface area contributed by atoms with Gasteiger partial charge in [-0.3, -0.25) is 4.79 Å². The number of hydrogen-bond donors (Lipinski definition) is 2. The summed E-state index contributed by atoms with van der Waals surface area (Å²) in [6, 6.07) is 0.